The van der Waals surface area contributed by atoms with E-state index in [4.69, 9.17) is 9.47 Å². The average Bonchev–Trinajstić information content (AvgIpc) is 2.66. The summed E-state index contributed by atoms with van der Waals surface area (Å²) in [6.45, 7) is 6.21. The fourth-order valence-corrected chi connectivity index (χ4v) is 2.63. The van der Waals surface area contributed by atoms with Crippen LogP contribution in [-0.4, -0.2) is 65.7 Å². The van der Waals surface area contributed by atoms with E-state index < -0.39 is 17.6 Å². The van der Waals surface area contributed by atoms with Crippen LogP contribution in [0.2, 0.25) is 0 Å². The van der Waals surface area contributed by atoms with Crippen molar-refractivity contribution in [2.75, 3.05) is 20.2 Å². The molecule has 2 saturated heterocycles. The molecule has 7 heteroatoms. The summed E-state index contributed by atoms with van der Waals surface area (Å²) in [4.78, 5) is 38.6. The standard InChI is InChI=1S/C14H22N2O5/c1-14(2,3)21-13(19)15-7-9(8-15)16-10(12(18)20-4)5-6-11(16)17/h9-10H,5-8H2,1-4H3. The van der Waals surface area contributed by atoms with Crippen molar-refractivity contribution in [3.63, 3.8) is 0 Å². The Labute approximate surface area is 124 Å². The van der Waals surface area contributed by atoms with E-state index >= 15 is 0 Å². The molecular weight excluding hydrogens is 276 g/mol. The highest BCUT2D eigenvalue weighted by Crippen LogP contribution is 2.28. The van der Waals surface area contributed by atoms with Gasteiger partial charge in [-0.1, -0.05) is 0 Å². The van der Waals surface area contributed by atoms with Crippen molar-refractivity contribution in [3.05, 3.63) is 0 Å². The summed E-state index contributed by atoms with van der Waals surface area (Å²) in [7, 11) is 1.32. The molecule has 1 atom stereocenters. The molecule has 2 aliphatic heterocycles. The number of carbonyl (C=O) groups excluding carboxylic acids is 3. The fourth-order valence-electron chi connectivity index (χ4n) is 2.63. The Balaban J connectivity index is 1.92. The van der Waals surface area contributed by atoms with Gasteiger partial charge in [0, 0.05) is 19.5 Å². The van der Waals surface area contributed by atoms with E-state index in [-0.39, 0.29) is 18.0 Å². The number of carbonyl (C=O) groups is 3. The van der Waals surface area contributed by atoms with Gasteiger partial charge in [-0.15, -0.1) is 0 Å². The van der Waals surface area contributed by atoms with Crippen molar-refractivity contribution in [2.45, 2.75) is 51.3 Å². The van der Waals surface area contributed by atoms with Gasteiger partial charge in [0.25, 0.3) is 0 Å². The molecule has 0 radical (unpaired) electrons. The maximum absolute atomic E-state index is 11.9. The summed E-state index contributed by atoms with van der Waals surface area (Å²) in [6.07, 6.45) is 0.442. The van der Waals surface area contributed by atoms with E-state index in [0.717, 1.165) is 0 Å². The minimum atomic E-state index is -0.541. The average molecular weight is 298 g/mol. The lowest BCUT2D eigenvalue weighted by Gasteiger charge is -2.45. The van der Waals surface area contributed by atoms with Gasteiger partial charge in [0.2, 0.25) is 5.91 Å². The predicted molar refractivity (Wildman–Crippen MR) is 73.5 cm³/mol. The number of amides is 2. The van der Waals surface area contributed by atoms with Crippen molar-refractivity contribution in [2.24, 2.45) is 0 Å². The van der Waals surface area contributed by atoms with Crippen LogP contribution < -0.4 is 0 Å². The second-order valence-electron chi connectivity index (χ2n) is 6.42. The minimum Gasteiger partial charge on any atom is -0.467 e. The van der Waals surface area contributed by atoms with Crippen molar-refractivity contribution < 1.29 is 23.9 Å². The molecule has 0 spiro atoms. The van der Waals surface area contributed by atoms with Crippen LogP contribution in [0.15, 0.2) is 0 Å². The molecular formula is C14H22N2O5. The first-order valence-electron chi connectivity index (χ1n) is 7.10. The zero-order valence-electron chi connectivity index (χ0n) is 12.9. The van der Waals surface area contributed by atoms with Crippen molar-refractivity contribution in [1.82, 2.24) is 9.80 Å². The number of hydrogen-bond donors (Lipinski definition) is 0. The van der Waals surface area contributed by atoms with Crippen LogP contribution >= 0.6 is 0 Å². The van der Waals surface area contributed by atoms with E-state index in [0.29, 0.717) is 25.9 Å². The molecule has 2 rings (SSSR count). The highest BCUT2D eigenvalue weighted by atomic mass is 16.6. The molecule has 2 aliphatic rings. The van der Waals surface area contributed by atoms with E-state index in [1.165, 1.54) is 12.0 Å². The van der Waals surface area contributed by atoms with Gasteiger partial charge < -0.3 is 19.3 Å². The highest BCUT2D eigenvalue weighted by Gasteiger charge is 2.46. The smallest absolute Gasteiger partial charge is 0.410 e. The molecule has 0 aromatic heterocycles. The first-order valence-corrected chi connectivity index (χ1v) is 7.10. The molecule has 21 heavy (non-hydrogen) atoms. The summed E-state index contributed by atoms with van der Waals surface area (Å²) in [5.74, 6) is -0.448. The number of rotatable bonds is 2. The van der Waals surface area contributed by atoms with Gasteiger partial charge in [0.15, 0.2) is 0 Å². The third kappa shape index (κ3) is 3.28. The predicted octanol–water partition coefficient (Wildman–Crippen LogP) is 0.770. The molecule has 7 nitrogen and oxygen atoms in total. The third-order valence-corrected chi connectivity index (χ3v) is 3.64. The summed E-state index contributed by atoms with van der Waals surface area (Å²) >= 11 is 0. The first-order chi connectivity index (χ1) is 9.73. The molecule has 0 aromatic carbocycles. The second kappa shape index (κ2) is 5.54. The molecule has 118 valence electrons. The Morgan fingerprint density at radius 2 is 1.86 bits per heavy atom. The van der Waals surface area contributed by atoms with Crippen molar-refractivity contribution >= 4 is 18.0 Å². The maximum atomic E-state index is 11.9. The third-order valence-electron chi connectivity index (χ3n) is 3.64. The summed E-state index contributed by atoms with van der Waals surface area (Å²) < 4.78 is 10.0. The molecule has 1 unspecified atom stereocenters. The van der Waals surface area contributed by atoms with Gasteiger partial charge in [0.1, 0.15) is 11.6 Å². The minimum absolute atomic E-state index is 0.0563. The summed E-state index contributed by atoms with van der Waals surface area (Å²) in [6, 6.07) is -0.648. The van der Waals surface area contributed by atoms with E-state index in [1.54, 1.807) is 25.7 Å². The molecule has 2 fully saturated rings. The zero-order chi connectivity index (χ0) is 15.8. The maximum Gasteiger partial charge on any atom is 0.410 e. The topological polar surface area (TPSA) is 76.2 Å². The van der Waals surface area contributed by atoms with E-state index in [9.17, 15) is 14.4 Å². The molecule has 2 amide bonds. The van der Waals surface area contributed by atoms with Crippen LogP contribution in [0.4, 0.5) is 4.79 Å². The molecule has 0 N–H and O–H groups in total. The lowest BCUT2D eigenvalue weighted by atomic mass is 10.1. The number of esters is 1. The van der Waals surface area contributed by atoms with Gasteiger partial charge in [-0.3, -0.25) is 4.79 Å². The quantitative estimate of drug-likeness (QED) is 0.704. The Hall–Kier alpha value is -1.79. The lowest BCUT2D eigenvalue weighted by molar-refractivity contribution is -0.153. The summed E-state index contributed by atoms with van der Waals surface area (Å²) in [5, 5.41) is 0. The number of methoxy groups -OCH3 is 1. The lowest BCUT2D eigenvalue weighted by Crippen LogP contribution is -2.64. The monoisotopic (exact) mass is 298 g/mol. The largest absolute Gasteiger partial charge is 0.467 e. The molecule has 0 aliphatic carbocycles. The van der Waals surface area contributed by atoms with E-state index in [2.05, 4.69) is 0 Å². The van der Waals surface area contributed by atoms with Crippen molar-refractivity contribution in [3.8, 4) is 0 Å². The second-order valence-corrected chi connectivity index (χ2v) is 6.42. The first kappa shape index (κ1) is 15.6. The molecule has 0 bridgehead atoms. The Bertz CT molecular complexity index is 451. The SMILES string of the molecule is COC(=O)C1CCC(=O)N1C1CN(C(=O)OC(C)(C)C)C1. The van der Waals surface area contributed by atoms with Gasteiger partial charge in [-0.2, -0.15) is 0 Å². The van der Waals surface area contributed by atoms with Gasteiger partial charge in [0.05, 0.1) is 13.2 Å². The highest BCUT2D eigenvalue weighted by molar-refractivity contribution is 5.88. The van der Waals surface area contributed by atoms with Gasteiger partial charge in [-0.05, 0) is 27.2 Å². The number of likely N-dealkylation sites (tertiary alicyclic amines) is 2. The van der Waals surface area contributed by atoms with Crippen LogP contribution in [0.3, 0.4) is 0 Å². The molecule has 0 saturated carbocycles. The number of nitrogens with zero attached hydrogens (tertiary/aromatic N) is 2. The number of ether oxygens (including phenoxy) is 2. The zero-order valence-corrected chi connectivity index (χ0v) is 12.9. The van der Waals surface area contributed by atoms with Crippen LogP contribution in [0.25, 0.3) is 0 Å². The summed E-state index contributed by atoms with van der Waals surface area (Å²) in [5.41, 5.74) is -0.541. The van der Waals surface area contributed by atoms with Crippen LogP contribution in [-0.2, 0) is 19.1 Å². The molecule has 0 aromatic rings. The Kier molecular flexibility index (Phi) is 4.11. The normalized spacial score (nSPS) is 23.0. The van der Waals surface area contributed by atoms with Gasteiger partial charge >= 0.3 is 12.1 Å². The molecule has 2 heterocycles. The van der Waals surface area contributed by atoms with Crippen molar-refractivity contribution in [1.29, 1.82) is 0 Å². The van der Waals surface area contributed by atoms with Gasteiger partial charge in [-0.25, -0.2) is 9.59 Å². The number of hydrogen-bond acceptors (Lipinski definition) is 5. The van der Waals surface area contributed by atoms with Crippen LogP contribution in [0.5, 0.6) is 0 Å². The Morgan fingerprint density at radius 3 is 2.38 bits per heavy atom. The fraction of sp³-hybridized carbons (Fsp3) is 0.786. The van der Waals surface area contributed by atoms with E-state index in [1.807, 2.05) is 0 Å². The van der Waals surface area contributed by atoms with Crippen LogP contribution in [0, 0.1) is 0 Å². The van der Waals surface area contributed by atoms with Crippen LogP contribution in [0.1, 0.15) is 33.6 Å². The Morgan fingerprint density at radius 1 is 1.24 bits per heavy atom.